The standard InChI is InChI=1S/C73H88N10O17S/c1-45-51(49-19-21-58(78-63(49)66(91)92)81-27-24-47-13-12-14-50(52(47)37-81)64(88)79-67-76-54-15-9-10-16-57(54)101-67)36-75-83(45)44-72(5)41-71(4)39-70(2,3)40-73(42-71,43-72)98-30-28-80(6)69(94)97-38-46-18-20-53(77-68(93)100-62-35-48(84)34-56(99-62)65(89)90)55(33-46)96-32-31-95-29-25-74-59(85)17-8-7-11-26-82-60(86)22-23-61(82)87/h9-10,12-16,18-23,33,36,48,56,62,84H,7-8,11,17,24-32,34-35,37-44H2,1-6H3,(H,74,85)(H,77,93)(H,89,90)(H,91,92)(H,76,79,88). The van der Waals surface area contributed by atoms with Crippen LogP contribution in [0.15, 0.2) is 91.1 Å². The number of aromatic nitrogens is 4. The predicted molar refractivity (Wildman–Crippen MR) is 372 cm³/mol. The average molecular weight is 1410 g/mol. The van der Waals surface area contributed by atoms with Crippen LogP contribution in [0.2, 0.25) is 0 Å². The number of hydrogen-bond acceptors (Lipinski definition) is 20. The van der Waals surface area contributed by atoms with Crippen molar-refractivity contribution in [3.8, 4) is 16.9 Å². The molecule has 0 spiro atoms. The first-order chi connectivity index (χ1) is 48.2. The minimum absolute atomic E-state index is 0.0132. The number of anilines is 3. The number of nitrogens with zero attached hydrogens (tertiary/aromatic N) is 7. The van der Waals surface area contributed by atoms with Crippen molar-refractivity contribution >= 4 is 85.9 Å². The second kappa shape index (κ2) is 31.3. The molecule has 1 saturated heterocycles. The Kier molecular flexibility index (Phi) is 22.6. The maximum absolute atomic E-state index is 13.8. The summed E-state index contributed by atoms with van der Waals surface area (Å²) in [4.78, 5) is 115. The van der Waals surface area contributed by atoms with Crippen molar-refractivity contribution in [1.29, 1.82) is 0 Å². The van der Waals surface area contributed by atoms with E-state index in [-0.39, 0.29) is 122 Å². The maximum Gasteiger partial charge on any atom is 0.414 e. The van der Waals surface area contributed by atoms with Crippen LogP contribution in [0, 0.1) is 23.2 Å². The third-order valence-corrected chi connectivity index (χ3v) is 20.2. The van der Waals surface area contributed by atoms with Gasteiger partial charge < -0.3 is 58.9 Å². The Morgan fingerprint density at radius 2 is 1.63 bits per heavy atom. The summed E-state index contributed by atoms with van der Waals surface area (Å²) in [7, 11) is 1.63. The number of carbonyl (C=O) groups is 8. The van der Waals surface area contributed by atoms with Gasteiger partial charge in [0.2, 0.25) is 12.2 Å². The van der Waals surface area contributed by atoms with Gasteiger partial charge in [0.25, 0.3) is 17.7 Å². The third-order valence-electron chi connectivity index (χ3n) is 19.2. The van der Waals surface area contributed by atoms with Crippen molar-refractivity contribution in [1.82, 2.24) is 34.9 Å². The first kappa shape index (κ1) is 72.9. The molecular formula is C73H88N10O17S. The number of rotatable bonds is 29. The number of pyridine rings is 1. The van der Waals surface area contributed by atoms with Gasteiger partial charge in [0.1, 0.15) is 24.8 Å². The summed E-state index contributed by atoms with van der Waals surface area (Å²) in [5, 5.41) is 44.3. The summed E-state index contributed by atoms with van der Waals surface area (Å²) in [6.45, 7) is 13.6. The van der Waals surface area contributed by atoms with Gasteiger partial charge in [-0.15, -0.1) is 0 Å². The zero-order valence-electron chi connectivity index (χ0n) is 57.8. The Hall–Kier alpha value is -9.35. The fraction of sp³-hybridized carbons (Fsp3) is 0.493. The number of carboxylic acids is 2. The number of unbranched alkanes of at least 4 members (excludes halogenated alkanes) is 2. The van der Waals surface area contributed by atoms with Crippen molar-refractivity contribution < 1.29 is 82.1 Å². The molecule has 3 aliphatic heterocycles. The number of aromatic carboxylic acids is 1. The van der Waals surface area contributed by atoms with Gasteiger partial charge in [0, 0.05) is 100 Å². The van der Waals surface area contributed by atoms with Gasteiger partial charge >= 0.3 is 24.1 Å². The molecule has 0 radical (unpaired) electrons. The molecule has 2 bridgehead atoms. The van der Waals surface area contributed by atoms with Gasteiger partial charge in [-0.2, -0.15) is 5.10 Å². The molecule has 3 aromatic heterocycles. The normalized spacial score (nSPS) is 22.1. The molecule has 6 atom stereocenters. The number of carbonyl (C=O) groups excluding carboxylic acids is 6. The summed E-state index contributed by atoms with van der Waals surface area (Å²) < 4.78 is 38.3. The number of carboxylic acid groups (broad SMARTS) is 2. The van der Waals surface area contributed by atoms with E-state index < -0.39 is 48.2 Å². The van der Waals surface area contributed by atoms with E-state index in [0.717, 1.165) is 52.7 Å². The molecule has 6 amide bonds. The lowest BCUT2D eigenvalue weighted by molar-refractivity contribution is -0.202. The Morgan fingerprint density at radius 3 is 2.42 bits per heavy atom. The number of aliphatic hydroxyl groups excluding tert-OH is 1. The lowest BCUT2D eigenvalue weighted by Crippen LogP contribution is -2.57. The highest BCUT2D eigenvalue weighted by Gasteiger charge is 2.58. The highest BCUT2D eigenvalue weighted by atomic mass is 32.1. The number of para-hydroxylation sites is 1. The summed E-state index contributed by atoms with van der Waals surface area (Å²) in [5.41, 5.74) is 4.68. The number of nitrogens with one attached hydrogen (secondary N) is 3. The molecule has 6 heterocycles. The van der Waals surface area contributed by atoms with Gasteiger partial charge in [0.15, 0.2) is 16.9 Å². The minimum atomic E-state index is -1.38. The van der Waals surface area contributed by atoms with Gasteiger partial charge in [-0.05, 0) is 134 Å². The van der Waals surface area contributed by atoms with Gasteiger partial charge in [-0.3, -0.25) is 39.4 Å². The number of aliphatic hydroxyl groups is 1. The van der Waals surface area contributed by atoms with E-state index in [1.807, 2.05) is 59.0 Å². The van der Waals surface area contributed by atoms with Crippen LogP contribution in [0.1, 0.15) is 142 Å². The molecule has 6 aromatic rings. The lowest BCUT2D eigenvalue weighted by atomic mass is 9.48. The summed E-state index contributed by atoms with van der Waals surface area (Å²) >= 11 is 1.41. The molecule has 3 fully saturated rings. The molecule has 5 aliphatic rings. The zero-order valence-corrected chi connectivity index (χ0v) is 58.6. The van der Waals surface area contributed by atoms with Crippen LogP contribution in [0.25, 0.3) is 21.3 Å². The number of likely N-dealkylation sites (N-methyl/N-ethyl adjacent to an activating group) is 1. The van der Waals surface area contributed by atoms with Gasteiger partial charge in [-0.1, -0.05) is 75.8 Å². The maximum atomic E-state index is 13.8. The van der Waals surface area contributed by atoms with Crippen LogP contribution in [-0.4, -0.2) is 176 Å². The molecule has 2 aliphatic carbocycles. The number of amides is 6. The quantitative estimate of drug-likeness (QED) is 0.0188. The molecule has 6 N–H and O–H groups in total. The van der Waals surface area contributed by atoms with Crippen molar-refractivity contribution in [3.63, 3.8) is 0 Å². The molecule has 11 rings (SSSR count). The van der Waals surface area contributed by atoms with Crippen LogP contribution in [0.4, 0.5) is 26.2 Å². The molecule has 2 saturated carbocycles. The second-order valence-electron chi connectivity index (χ2n) is 28.6. The largest absolute Gasteiger partial charge is 0.489 e. The van der Waals surface area contributed by atoms with E-state index in [1.165, 1.54) is 39.4 Å². The molecule has 6 unspecified atom stereocenters. The Bertz CT molecular complexity index is 4080. The van der Waals surface area contributed by atoms with Crippen LogP contribution in [0.5, 0.6) is 5.75 Å². The monoisotopic (exact) mass is 1410 g/mol. The molecule has 538 valence electrons. The number of aliphatic carboxylic acids is 1. The van der Waals surface area contributed by atoms with Crippen molar-refractivity contribution in [2.45, 2.75) is 155 Å². The van der Waals surface area contributed by atoms with Gasteiger partial charge in [0.05, 0.1) is 53.6 Å². The van der Waals surface area contributed by atoms with Crippen molar-refractivity contribution in [2.24, 2.45) is 16.2 Å². The lowest BCUT2D eigenvalue weighted by Gasteiger charge is -2.61. The number of imide groups is 1. The van der Waals surface area contributed by atoms with Gasteiger partial charge in [-0.25, -0.2) is 29.1 Å². The zero-order chi connectivity index (χ0) is 71.8. The number of thiazole rings is 1. The van der Waals surface area contributed by atoms with E-state index in [2.05, 4.69) is 48.6 Å². The molecule has 27 nitrogen and oxygen atoms in total. The Balaban J connectivity index is 0.685. The number of fused-ring (bicyclic) bond motifs is 4. The van der Waals surface area contributed by atoms with Crippen LogP contribution >= 0.6 is 11.3 Å². The van der Waals surface area contributed by atoms with Crippen LogP contribution in [0.3, 0.4) is 0 Å². The molecular weight excluding hydrogens is 1320 g/mol. The number of ether oxygens (including phenoxy) is 6. The summed E-state index contributed by atoms with van der Waals surface area (Å²) in [6.07, 6.45) is 5.39. The average Bonchev–Trinajstić information content (AvgIpc) is 0.792. The first-order valence-electron chi connectivity index (χ1n) is 34.2. The first-order valence-corrected chi connectivity index (χ1v) is 35.0. The van der Waals surface area contributed by atoms with Crippen molar-refractivity contribution in [2.75, 3.05) is 75.2 Å². The summed E-state index contributed by atoms with van der Waals surface area (Å²) in [5.74, 6) is -2.96. The van der Waals surface area contributed by atoms with E-state index in [9.17, 15) is 53.7 Å². The van der Waals surface area contributed by atoms with Crippen LogP contribution in [-0.2, 0) is 69.0 Å². The van der Waals surface area contributed by atoms with E-state index in [0.29, 0.717) is 91.5 Å². The highest BCUT2D eigenvalue weighted by Crippen LogP contribution is 2.63. The smallest absolute Gasteiger partial charge is 0.414 e. The second-order valence-corrected chi connectivity index (χ2v) is 29.6. The fourth-order valence-corrected chi connectivity index (χ4v) is 16.6. The van der Waals surface area contributed by atoms with E-state index in [4.69, 9.17) is 38.5 Å². The SMILES string of the molecule is Cc1c(-c2ccc(N3CCc4cccc(C(=O)Nc5nc6ccccc6s5)c4C3)nc2C(=O)O)cnn1CC1(C)CC2(C)CC(C)(C)CC(OCCN(C)C(=O)OCc3ccc(NC(=O)OC4CC(O)CC(C(=O)O)O4)c(OCCOCCNC(=O)CCCCCN4C(=O)C=CC4=O)c3)(C1)C2. The Labute approximate surface area is 588 Å². The molecule has 3 aromatic carbocycles. The highest BCUT2D eigenvalue weighted by molar-refractivity contribution is 7.22. The third kappa shape index (κ3) is 18.2. The number of benzene rings is 3. The Morgan fingerprint density at radius 1 is 0.832 bits per heavy atom. The fourth-order valence-electron chi connectivity index (χ4n) is 15.7. The summed E-state index contributed by atoms with van der Waals surface area (Å²) in [6, 6.07) is 21.8. The van der Waals surface area contributed by atoms with E-state index >= 15 is 0 Å². The predicted octanol–water partition coefficient (Wildman–Crippen LogP) is 9.91. The molecule has 101 heavy (non-hydrogen) atoms. The minimum Gasteiger partial charge on any atom is -0.489 e. The molecule has 28 heteroatoms. The van der Waals surface area contributed by atoms with E-state index in [1.54, 1.807) is 37.5 Å². The number of hydrogen-bond donors (Lipinski definition) is 6. The van der Waals surface area contributed by atoms with Crippen molar-refractivity contribution in [3.05, 3.63) is 125 Å². The van der Waals surface area contributed by atoms with Crippen LogP contribution < -0.4 is 25.6 Å². The topological polar surface area (TPSA) is 342 Å².